The smallest absolute Gasteiger partial charge is 0.325 e. The topological polar surface area (TPSA) is 116 Å². The highest BCUT2D eigenvalue weighted by Gasteiger charge is 2.20. The van der Waals surface area contributed by atoms with Crippen LogP contribution in [0.2, 0.25) is 5.02 Å². The minimum atomic E-state index is -0.993. The van der Waals surface area contributed by atoms with Crippen LogP contribution in [0.25, 0.3) is 22.2 Å². The number of carbonyl (C=O) groups is 1. The normalized spacial score (nSPS) is 11.8. The molecule has 0 radical (unpaired) electrons. The number of benzene rings is 4. The van der Waals surface area contributed by atoms with Gasteiger partial charge < -0.3 is 19.3 Å². The van der Waals surface area contributed by atoms with Crippen molar-refractivity contribution in [1.29, 1.82) is 0 Å². The van der Waals surface area contributed by atoms with Crippen molar-refractivity contribution in [2.45, 2.75) is 32.7 Å². The van der Waals surface area contributed by atoms with E-state index in [-0.39, 0.29) is 32.1 Å². The maximum Gasteiger partial charge on any atom is 0.325 e. The molecule has 0 aliphatic heterocycles. The summed E-state index contributed by atoms with van der Waals surface area (Å²) in [4.78, 5) is 12.2. The molecule has 5 aromatic rings. The molecule has 0 aliphatic carbocycles. The third-order valence-corrected chi connectivity index (χ3v) is 7.11. The largest absolute Gasteiger partial charge is 0.488 e. The van der Waals surface area contributed by atoms with Gasteiger partial charge in [-0.1, -0.05) is 66.2 Å². The van der Waals surface area contributed by atoms with Gasteiger partial charge in [-0.05, 0) is 46.6 Å². The van der Waals surface area contributed by atoms with Crippen LogP contribution >= 0.6 is 11.6 Å². The molecule has 4 aromatic carbocycles. The van der Waals surface area contributed by atoms with Crippen LogP contribution in [0.3, 0.4) is 0 Å². The van der Waals surface area contributed by atoms with Crippen LogP contribution in [-0.4, -0.2) is 40.6 Å². The molecule has 1 aromatic heterocycles. The average Bonchev–Trinajstić information content (AvgIpc) is 3.49. The molecule has 1 heterocycles. The first kappa shape index (κ1) is 30.0. The van der Waals surface area contributed by atoms with E-state index in [9.17, 15) is 9.90 Å². The number of nitrogens with zero attached hydrogens (tertiary/aromatic N) is 2. The summed E-state index contributed by atoms with van der Waals surface area (Å²) in [5.41, 5.74) is 4.84. The number of esters is 1. The summed E-state index contributed by atoms with van der Waals surface area (Å²) < 4.78 is 37.1. The van der Waals surface area contributed by atoms with Crippen molar-refractivity contribution < 1.29 is 33.1 Å². The summed E-state index contributed by atoms with van der Waals surface area (Å²) in [7, 11) is 0. The number of aliphatic hydroxyl groups is 1. The van der Waals surface area contributed by atoms with Crippen LogP contribution in [0.15, 0.2) is 83.5 Å². The number of fused-ring (bicyclic) bond motifs is 1. The van der Waals surface area contributed by atoms with Gasteiger partial charge in [-0.25, -0.2) is 9.02 Å². The van der Waals surface area contributed by atoms with Crippen molar-refractivity contribution in [3.8, 4) is 22.6 Å². The quantitative estimate of drug-likeness (QED) is 0.159. The monoisotopic (exact) mass is 605 g/mol. The summed E-state index contributed by atoms with van der Waals surface area (Å²) in [6, 6.07) is 22.4. The molecule has 0 saturated heterocycles. The van der Waals surface area contributed by atoms with E-state index in [0.717, 1.165) is 16.7 Å². The lowest BCUT2D eigenvalue weighted by Crippen LogP contribution is -2.40. The summed E-state index contributed by atoms with van der Waals surface area (Å²) in [6.07, 6.45) is 0. The average molecular weight is 606 g/mol. The van der Waals surface area contributed by atoms with Crippen molar-refractivity contribution in [2.75, 3.05) is 13.2 Å². The fraction of sp³-hybridized carbons (Fsp3) is 0.219. The highest BCUT2D eigenvalue weighted by Crippen LogP contribution is 2.33. The summed E-state index contributed by atoms with van der Waals surface area (Å²) in [5, 5.41) is 20.7. The molecule has 0 saturated carbocycles. The number of hydrogen-bond donors (Lipinski definition) is 2. The highest BCUT2D eigenvalue weighted by atomic mass is 35.5. The number of aromatic nitrogens is 2. The second-order valence-electron chi connectivity index (χ2n) is 9.57. The van der Waals surface area contributed by atoms with Gasteiger partial charge in [0.25, 0.3) is 0 Å². The minimum Gasteiger partial charge on any atom is -0.488 e. The Balaban J connectivity index is 1.38. The van der Waals surface area contributed by atoms with Crippen molar-refractivity contribution in [3.63, 3.8) is 0 Å². The van der Waals surface area contributed by atoms with Crippen molar-refractivity contribution in [2.24, 2.45) is 0 Å². The molecule has 5 rings (SSSR count). The van der Waals surface area contributed by atoms with Crippen LogP contribution in [0, 0.1) is 5.82 Å². The molecular formula is C32H29ClFN3O6. The third-order valence-electron chi connectivity index (χ3n) is 6.67. The standard InChI is InChI=1S/C32H29ClFN3O6/c1-2-40-32(39)28(17-38)35-16-23-14-25(34)30(15-29(23)41-18-20-11-12-26-27(13-20)37-43-36-26)42-19-22-9-6-10-24(31(22)33)21-7-4-3-5-8-21/h3-15,28,35,38H,2,16-19H2,1H3/t28-/m1/s1. The summed E-state index contributed by atoms with van der Waals surface area (Å²) in [5.74, 6) is -0.976. The molecule has 11 heteroatoms. The lowest BCUT2D eigenvalue weighted by atomic mass is 10.0. The Labute approximate surface area is 252 Å². The van der Waals surface area contributed by atoms with Gasteiger partial charge in [-0.2, -0.15) is 0 Å². The van der Waals surface area contributed by atoms with E-state index < -0.39 is 24.4 Å². The Morgan fingerprint density at radius 3 is 2.53 bits per heavy atom. The Morgan fingerprint density at radius 2 is 1.74 bits per heavy atom. The van der Waals surface area contributed by atoms with E-state index in [0.29, 0.717) is 32.9 Å². The van der Waals surface area contributed by atoms with Crippen molar-refractivity contribution in [1.82, 2.24) is 15.6 Å². The van der Waals surface area contributed by atoms with Crippen LogP contribution in [0.5, 0.6) is 11.5 Å². The number of ether oxygens (including phenoxy) is 3. The molecule has 9 nitrogen and oxygen atoms in total. The predicted molar refractivity (Wildman–Crippen MR) is 158 cm³/mol. The third kappa shape index (κ3) is 7.29. The van der Waals surface area contributed by atoms with Gasteiger partial charge in [-0.15, -0.1) is 0 Å². The molecule has 1 atom stereocenters. The second kappa shape index (κ2) is 14.1. The molecule has 0 fully saturated rings. The zero-order chi connectivity index (χ0) is 30.2. The molecule has 222 valence electrons. The minimum absolute atomic E-state index is 0.00770. The van der Waals surface area contributed by atoms with Gasteiger partial charge in [-0.3, -0.25) is 10.1 Å². The number of nitrogens with one attached hydrogen (secondary N) is 1. The summed E-state index contributed by atoms with van der Waals surface area (Å²) >= 11 is 6.71. The van der Waals surface area contributed by atoms with Gasteiger partial charge in [0, 0.05) is 29.3 Å². The van der Waals surface area contributed by atoms with Gasteiger partial charge in [0.2, 0.25) is 0 Å². The molecular weight excluding hydrogens is 577 g/mol. The molecule has 0 unspecified atom stereocenters. The number of halogens is 2. The van der Waals surface area contributed by atoms with Crippen LogP contribution < -0.4 is 14.8 Å². The Morgan fingerprint density at radius 1 is 0.953 bits per heavy atom. The maximum absolute atomic E-state index is 15.4. The Kier molecular flexibility index (Phi) is 9.83. The van der Waals surface area contributed by atoms with E-state index in [1.54, 1.807) is 19.1 Å². The number of carbonyl (C=O) groups excluding carboxylic acids is 1. The van der Waals surface area contributed by atoms with Gasteiger partial charge in [0.1, 0.15) is 36.0 Å². The van der Waals surface area contributed by atoms with E-state index in [1.165, 1.54) is 12.1 Å². The van der Waals surface area contributed by atoms with Gasteiger partial charge in [0.15, 0.2) is 11.6 Å². The van der Waals surface area contributed by atoms with E-state index in [4.69, 9.17) is 30.4 Å². The van der Waals surface area contributed by atoms with E-state index in [2.05, 4.69) is 15.6 Å². The lowest BCUT2D eigenvalue weighted by molar-refractivity contribution is -0.146. The fourth-order valence-corrected chi connectivity index (χ4v) is 4.71. The predicted octanol–water partition coefficient (Wildman–Crippen LogP) is 5.85. The van der Waals surface area contributed by atoms with E-state index in [1.807, 2.05) is 54.6 Å². The maximum atomic E-state index is 15.4. The van der Waals surface area contributed by atoms with E-state index >= 15 is 4.39 Å². The van der Waals surface area contributed by atoms with Crippen molar-refractivity contribution >= 4 is 28.6 Å². The zero-order valence-electron chi connectivity index (χ0n) is 23.3. The number of aliphatic hydroxyl groups excluding tert-OH is 1. The first-order chi connectivity index (χ1) is 21.0. The summed E-state index contributed by atoms with van der Waals surface area (Å²) in [6.45, 7) is 1.48. The fourth-order valence-electron chi connectivity index (χ4n) is 4.42. The zero-order valence-corrected chi connectivity index (χ0v) is 24.0. The van der Waals surface area contributed by atoms with Crippen LogP contribution in [-0.2, 0) is 29.3 Å². The van der Waals surface area contributed by atoms with Crippen LogP contribution in [0.1, 0.15) is 23.6 Å². The number of rotatable bonds is 13. The second-order valence-corrected chi connectivity index (χ2v) is 9.95. The van der Waals surface area contributed by atoms with Gasteiger partial charge >= 0.3 is 5.97 Å². The van der Waals surface area contributed by atoms with Crippen LogP contribution in [0.4, 0.5) is 4.39 Å². The first-order valence-corrected chi connectivity index (χ1v) is 14.0. The Hall–Kier alpha value is -4.51. The van der Waals surface area contributed by atoms with Gasteiger partial charge in [0.05, 0.1) is 18.2 Å². The van der Waals surface area contributed by atoms with Crippen molar-refractivity contribution in [3.05, 3.63) is 106 Å². The molecule has 0 aliphatic rings. The lowest BCUT2D eigenvalue weighted by Gasteiger charge is -2.18. The molecule has 0 spiro atoms. The SMILES string of the molecule is CCOC(=O)[C@@H](CO)NCc1cc(F)c(OCc2cccc(-c3ccccc3)c2Cl)cc1OCc1ccc2nonc2c1. The highest BCUT2D eigenvalue weighted by molar-refractivity contribution is 6.34. The Bertz CT molecular complexity index is 1700. The molecule has 0 amide bonds. The molecule has 43 heavy (non-hydrogen) atoms. The number of hydrogen-bond acceptors (Lipinski definition) is 9. The molecule has 2 N–H and O–H groups in total. The first-order valence-electron chi connectivity index (χ1n) is 13.6. The molecule has 0 bridgehead atoms.